The second-order valence-corrected chi connectivity index (χ2v) is 13.8. The molecule has 3 aromatic carbocycles. The molecule has 1 aliphatic rings. The number of amides is 2. The zero-order valence-electron chi connectivity index (χ0n) is 26.3. The lowest BCUT2D eigenvalue weighted by Crippen LogP contribution is -2.53. The number of benzene rings is 3. The van der Waals surface area contributed by atoms with Crippen molar-refractivity contribution < 1.29 is 36.3 Å². The van der Waals surface area contributed by atoms with Gasteiger partial charge in [0.2, 0.25) is 5.91 Å². The van der Waals surface area contributed by atoms with Crippen molar-refractivity contribution in [3.05, 3.63) is 89.0 Å². The van der Waals surface area contributed by atoms with Gasteiger partial charge in [-0.3, -0.25) is 9.10 Å². The van der Waals surface area contributed by atoms with Gasteiger partial charge in [-0.25, -0.2) is 22.0 Å². The van der Waals surface area contributed by atoms with E-state index in [0.29, 0.717) is 17.0 Å². The van der Waals surface area contributed by atoms with Crippen LogP contribution >= 0.6 is 0 Å². The van der Waals surface area contributed by atoms with Crippen LogP contribution in [0, 0.1) is 25.5 Å². The molecule has 0 saturated carbocycles. The van der Waals surface area contributed by atoms with E-state index in [-0.39, 0.29) is 43.1 Å². The summed E-state index contributed by atoms with van der Waals surface area (Å²) in [7, 11) is -2.62. The average Bonchev–Trinajstić information content (AvgIpc) is 2.97. The van der Waals surface area contributed by atoms with Crippen LogP contribution in [0.4, 0.5) is 19.3 Å². The molecule has 1 aliphatic heterocycles. The van der Waals surface area contributed by atoms with Gasteiger partial charge >= 0.3 is 6.09 Å². The Kier molecular flexibility index (Phi) is 10.1. The first kappa shape index (κ1) is 33.7. The summed E-state index contributed by atoms with van der Waals surface area (Å²) >= 11 is 0. The lowest BCUT2D eigenvalue weighted by molar-refractivity contribution is -0.136. The van der Waals surface area contributed by atoms with Crippen LogP contribution in [0.5, 0.6) is 5.75 Å². The number of piperazine rings is 1. The van der Waals surface area contributed by atoms with Crippen LogP contribution in [0.15, 0.2) is 65.6 Å². The molecule has 1 fully saturated rings. The molecule has 3 aromatic rings. The average molecular weight is 644 g/mol. The fourth-order valence-corrected chi connectivity index (χ4v) is 6.97. The van der Waals surface area contributed by atoms with Gasteiger partial charge in [0.15, 0.2) is 0 Å². The monoisotopic (exact) mass is 643 g/mol. The number of rotatable bonds is 8. The first-order chi connectivity index (χ1) is 21.1. The van der Waals surface area contributed by atoms with Gasteiger partial charge in [-0.1, -0.05) is 17.7 Å². The minimum absolute atomic E-state index is 0.00501. The van der Waals surface area contributed by atoms with Crippen LogP contribution in [-0.4, -0.2) is 69.1 Å². The number of carbonyl (C=O) groups excluding carboxylic acids is 2. The molecule has 0 aliphatic carbocycles. The standard InChI is InChI=1S/C33H39F2N3O6S/c1-22-7-14-30(23(2)19-22)45(41,42)38(25-9-11-26(43-6)12-10-25)16-15-31(39)37-18-17-36(32(40)44-33(3,4)5)21-29(37)27-20-24(34)8-13-28(27)35/h7-14,19-20,29H,15-18,21H2,1-6H3. The number of hydrogen-bond acceptors (Lipinski definition) is 6. The topological polar surface area (TPSA) is 96.5 Å². The Morgan fingerprint density at radius 1 is 0.978 bits per heavy atom. The maximum atomic E-state index is 15.1. The normalized spacial score (nSPS) is 15.5. The number of ether oxygens (including phenoxy) is 2. The number of anilines is 1. The van der Waals surface area contributed by atoms with Gasteiger partial charge in [-0.05, 0) is 88.7 Å². The number of aryl methyl sites for hydroxylation is 2. The molecule has 45 heavy (non-hydrogen) atoms. The predicted octanol–water partition coefficient (Wildman–Crippen LogP) is 6.00. The maximum Gasteiger partial charge on any atom is 0.410 e. The van der Waals surface area contributed by atoms with Gasteiger partial charge in [0.25, 0.3) is 10.0 Å². The predicted molar refractivity (Wildman–Crippen MR) is 167 cm³/mol. The van der Waals surface area contributed by atoms with E-state index < -0.39 is 45.3 Å². The van der Waals surface area contributed by atoms with E-state index in [1.165, 1.54) is 23.0 Å². The minimum Gasteiger partial charge on any atom is -0.497 e. The van der Waals surface area contributed by atoms with Crippen molar-refractivity contribution in [3.63, 3.8) is 0 Å². The summed E-state index contributed by atoms with van der Waals surface area (Å²) in [6, 6.07) is 13.4. The summed E-state index contributed by atoms with van der Waals surface area (Å²) in [5.41, 5.74) is 0.909. The molecule has 0 N–H and O–H groups in total. The molecule has 0 spiro atoms. The third-order valence-corrected chi connectivity index (χ3v) is 9.44. The summed E-state index contributed by atoms with van der Waals surface area (Å²) in [5.74, 6) is -1.38. The Labute approximate surface area is 263 Å². The first-order valence-electron chi connectivity index (χ1n) is 14.6. The summed E-state index contributed by atoms with van der Waals surface area (Å²) in [5, 5.41) is 0. The third-order valence-electron chi connectivity index (χ3n) is 7.46. The number of hydrogen-bond donors (Lipinski definition) is 0. The highest BCUT2D eigenvalue weighted by molar-refractivity contribution is 7.92. The summed E-state index contributed by atoms with van der Waals surface area (Å²) < 4.78 is 69.3. The molecular formula is C33H39F2N3O6S. The molecule has 0 aromatic heterocycles. The Morgan fingerprint density at radius 3 is 2.29 bits per heavy atom. The second-order valence-electron chi connectivity index (χ2n) is 12.0. The van der Waals surface area contributed by atoms with Crippen LogP contribution in [0.3, 0.4) is 0 Å². The van der Waals surface area contributed by atoms with E-state index in [1.807, 2.05) is 6.92 Å². The van der Waals surface area contributed by atoms with Crippen molar-refractivity contribution in [1.82, 2.24) is 9.80 Å². The fraction of sp³-hybridized carbons (Fsp3) is 0.394. The summed E-state index contributed by atoms with van der Waals surface area (Å²) in [4.78, 5) is 29.5. The van der Waals surface area contributed by atoms with Crippen LogP contribution in [0.25, 0.3) is 0 Å². The molecule has 12 heteroatoms. The Hall–Kier alpha value is -4.19. The smallest absolute Gasteiger partial charge is 0.410 e. The molecule has 242 valence electrons. The maximum absolute atomic E-state index is 15.1. The molecule has 4 rings (SSSR count). The lowest BCUT2D eigenvalue weighted by atomic mass is 10.0. The fourth-order valence-electron chi connectivity index (χ4n) is 5.29. The molecule has 0 radical (unpaired) electrons. The second kappa shape index (κ2) is 13.4. The van der Waals surface area contributed by atoms with Crippen molar-refractivity contribution in [1.29, 1.82) is 0 Å². The van der Waals surface area contributed by atoms with E-state index in [2.05, 4.69) is 0 Å². The van der Waals surface area contributed by atoms with Gasteiger partial charge in [-0.2, -0.15) is 0 Å². The van der Waals surface area contributed by atoms with E-state index >= 15 is 4.39 Å². The zero-order valence-corrected chi connectivity index (χ0v) is 27.2. The summed E-state index contributed by atoms with van der Waals surface area (Å²) in [6.45, 7) is 8.46. The highest BCUT2D eigenvalue weighted by Crippen LogP contribution is 2.32. The number of nitrogens with zero attached hydrogens (tertiary/aromatic N) is 3. The SMILES string of the molecule is COc1ccc(N(CCC(=O)N2CCN(C(=O)OC(C)(C)C)CC2c2cc(F)ccc2F)S(=O)(=O)c2ccc(C)cc2C)cc1. The van der Waals surface area contributed by atoms with Gasteiger partial charge < -0.3 is 19.3 Å². The van der Waals surface area contributed by atoms with Crippen LogP contribution in [0.2, 0.25) is 0 Å². The molecule has 2 amide bonds. The number of sulfonamides is 1. The molecule has 1 saturated heterocycles. The highest BCUT2D eigenvalue weighted by atomic mass is 32.2. The quantitative estimate of drug-likeness (QED) is 0.299. The highest BCUT2D eigenvalue weighted by Gasteiger charge is 2.37. The van der Waals surface area contributed by atoms with Crippen LogP contribution in [0.1, 0.15) is 49.9 Å². The van der Waals surface area contributed by atoms with E-state index in [9.17, 15) is 22.4 Å². The molecule has 0 bridgehead atoms. The Bertz CT molecular complexity index is 1660. The number of carbonyl (C=O) groups is 2. The van der Waals surface area contributed by atoms with Crippen LogP contribution in [-0.2, 0) is 19.6 Å². The summed E-state index contributed by atoms with van der Waals surface area (Å²) in [6.07, 6.45) is -0.905. The Morgan fingerprint density at radius 2 is 1.67 bits per heavy atom. The van der Waals surface area contributed by atoms with Crippen molar-refractivity contribution in [2.45, 2.75) is 57.6 Å². The van der Waals surface area contributed by atoms with E-state index in [1.54, 1.807) is 64.1 Å². The van der Waals surface area contributed by atoms with Crippen molar-refractivity contribution >= 4 is 27.7 Å². The zero-order chi connectivity index (χ0) is 33.1. The molecular weight excluding hydrogens is 604 g/mol. The van der Waals surface area contributed by atoms with Crippen LogP contribution < -0.4 is 9.04 Å². The Balaban J connectivity index is 1.65. The minimum atomic E-state index is -4.12. The lowest BCUT2D eigenvalue weighted by Gasteiger charge is -2.42. The molecule has 9 nitrogen and oxygen atoms in total. The number of halogens is 2. The molecule has 1 atom stereocenters. The molecule has 1 heterocycles. The van der Waals surface area contributed by atoms with Crippen molar-refractivity contribution in [3.8, 4) is 5.75 Å². The van der Waals surface area contributed by atoms with Gasteiger partial charge in [0.05, 0.1) is 23.7 Å². The first-order valence-corrected chi connectivity index (χ1v) is 16.0. The van der Waals surface area contributed by atoms with Gasteiger partial charge in [0.1, 0.15) is 23.0 Å². The van der Waals surface area contributed by atoms with E-state index in [4.69, 9.17) is 9.47 Å². The van der Waals surface area contributed by atoms with E-state index in [0.717, 1.165) is 28.1 Å². The third kappa shape index (κ3) is 7.91. The van der Waals surface area contributed by atoms with Crippen molar-refractivity contribution in [2.24, 2.45) is 0 Å². The van der Waals surface area contributed by atoms with Crippen molar-refractivity contribution in [2.75, 3.05) is 37.6 Å². The van der Waals surface area contributed by atoms with Gasteiger partial charge in [0, 0.05) is 38.2 Å². The largest absolute Gasteiger partial charge is 0.497 e. The van der Waals surface area contributed by atoms with Gasteiger partial charge in [-0.15, -0.1) is 0 Å². The molecule has 1 unspecified atom stereocenters. The number of methoxy groups -OCH3 is 1.